The van der Waals surface area contributed by atoms with Crippen molar-refractivity contribution in [3.63, 3.8) is 0 Å². The summed E-state index contributed by atoms with van der Waals surface area (Å²) in [5, 5.41) is 187. The lowest BCUT2D eigenvalue weighted by molar-refractivity contribution is -0.412. The van der Waals surface area contributed by atoms with Gasteiger partial charge in [0.25, 0.3) is 0 Å². The maximum Gasteiger partial charge on any atom is 0.187 e. The second kappa shape index (κ2) is 26.0. The Hall–Kier alpha value is -1.49. The number of hydrogen-bond acceptors (Lipinski definition) is 30. The molecule has 1 unspecified atom stereocenters. The molecule has 0 radical (unpaired) electrons. The molecule has 7 heterocycles. The van der Waals surface area contributed by atoms with Crippen LogP contribution in [-0.4, -0.2) is 310 Å². The first kappa shape index (κ1) is 66.9. The van der Waals surface area contributed by atoms with Gasteiger partial charge in [0, 0.05) is 18.8 Å². The van der Waals surface area contributed by atoms with Gasteiger partial charge in [0.1, 0.15) is 128 Å². The lowest BCUT2D eigenvalue weighted by atomic mass is 9.43. The largest absolute Gasteiger partial charge is 0.394 e. The predicted molar refractivity (Wildman–Crippen MR) is 283 cm³/mol. The summed E-state index contributed by atoms with van der Waals surface area (Å²) in [5.74, 6) is -0.0472. The van der Waals surface area contributed by atoms with Gasteiger partial charge in [-0.1, -0.05) is 27.7 Å². The summed E-state index contributed by atoms with van der Waals surface area (Å²) in [6, 6.07) is 0. The van der Waals surface area contributed by atoms with Gasteiger partial charge < -0.3 is 144 Å². The second-order valence-corrected chi connectivity index (χ2v) is 27.2. The molecule has 0 aromatic heterocycles. The molecule has 0 amide bonds. The first-order chi connectivity index (χ1) is 41.3. The minimum Gasteiger partial charge on any atom is -0.394 e. The van der Waals surface area contributed by atoms with Gasteiger partial charge in [0.15, 0.2) is 43.0 Å². The Labute approximate surface area is 501 Å². The van der Waals surface area contributed by atoms with E-state index < -0.39 is 216 Å². The molecule has 1 spiro atoms. The molecule has 0 bridgehead atoms. The summed E-state index contributed by atoms with van der Waals surface area (Å²) in [7, 11) is 0. The first-order valence-corrected chi connectivity index (χ1v) is 30.9. The van der Waals surface area contributed by atoms with Crippen molar-refractivity contribution in [1.29, 1.82) is 0 Å². The van der Waals surface area contributed by atoms with E-state index in [0.717, 1.165) is 32.1 Å². The normalized spacial score (nSPS) is 57.0. The van der Waals surface area contributed by atoms with Gasteiger partial charge in [-0.2, -0.15) is 0 Å². The van der Waals surface area contributed by atoms with Gasteiger partial charge in [-0.25, -0.2) is 0 Å². The average molecular weight is 1260 g/mol. The number of ketones is 1. The number of rotatable bonds is 15. The zero-order valence-corrected chi connectivity index (χ0v) is 49.0. The molecular weight excluding hydrogens is 1160 g/mol. The molecular formula is C57H92O30. The minimum atomic E-state index is -2.27. The van der Waals surface area contributed by atoms with Crippen LogP contribution in [0.1, 0.15) is 79.1 Å². The lowest BCUT2D eigenvalue weighted by Gasteiger charge is -2.62. The first-order valence-electron chi connectivity index (χ1n) is 30.9. The van der Waals surface area contributed by atoms with Crippen LogP contribution in [0, 0.1) is 52.3 Å². The molecule has 11 rings (SSSR count). The average Bonchev–Trinajstić information content (AvgIpc) is 1.59. The molecule has 11 fully saturated rings. The molecule has 4 aliphatic carbocycles. The summed E-state index contributed by atoms with van der Waals surface area (Å²) < 4.78 is 72.9. The fourth-order valence-electron chi connectivity index (χ4n) is 17.5. The fraction of sp³-hybridized carbons (Fsp3) is 0.982. The molecule has 30 heteroatoms. The Balaban J connectivity index is 0.837. The summed E-state index contributed by atoms with van der Waals surface area (Å²) in [5.41, 5.74) is -0.723. The molecule has 11 aliphatic rings. The van der Waals surface area contributed by atoms with Crippen molar-refractivity contribution in [1.82, 2.24) is 0 Å². The maximum atomic E-state index is 14.6. The molecule has 87 heavy (non-hydrogen) atoms. The lowest BCUT2D eigenvalue weighted by Crippen LogP contribution is -2.69. The molecule has 17 N–H and O–H groups in total. The van der Waals surface area contributed by atoms with E-state index in [2.05, 4.69) is 27.7 Å². The Morgan fingerprint density at radius 2 is 0.920 bits per heavy atom. The Morgan fingerprint density at radius 3 is 1.44 bits per heavy atom. The molecule has 0 aromatic carbocycles. The van der Waals surface area contributed by atoms with Gasteiger partial charge >= 0.3 is 0 Å². The third kappa shape index (κ3) is 11.6. The SMILES string of the molecule is C[C@@H]1CC[C@@]2(OC1)O[C@H]1C[C@H]3[C@@H]4C[C@@H](O)[C@H]5CC(O[C@@H]6O[C@H](CO)[C@H](O)[C@H](O[C@@H]7O[C@H](CO)[C@@H](O)[C@H](O[C@@H]8O[C@H](CO)[C@@H](O)[C@H](O)[C@H]8O)[C@H]7O[C@@H]7O[C@H](CO)[C@@H](O)[C@H](O[C@@H]8O[C@H](CO)[C@@H](O)[C@H](O)[C@H]8O)[C@H]7O)[C@H]6O)C(=O)C[C@]5(C)[C@H]4CC[C@]3(C)[C@H]1[C@@H]2C. The highest BCUT2D eigenvalue weighted by atomic mass is 16.8. The summed E-state index contributed by atoms with van der Waals surface area (Å²) in [6.45, 7) is 4.69. The van der Waals surface area contributed by atoms with Gasteiger partial charge in [0.2, 0.25) is 0 Å². The minimum absolute atomic E-state index is 0.0127. The van der Waals surface area contributed by atoms with Gasteiger partial charge in [-0.05, 0) is 84.9 Å². The molecule has 7 aliphatic heterocycles. The van der Waals surface area contributed by atoms with Crippen molar-refractivity contribution in [2.45, 2.75) is 257 Å². The van der Waals surface area contributed by atoms with E-state index >= 15 is 0 Å². The van der Waals surface area contributed by atoms with E-state index in [-0.39, 0.29) is 59.7 Å². The second-order valence-electron chi connectivity index (χ2n) is 27.2. The highest BCUT2D eigenvalue weighted by Gasteiger charge is 2.71. The topological polar surface area (TPSA) is 472 Å². The summed E-state index contributed by atoms with van der Waals surface area (Å²) in [6.07, 6.45) is -46.6. The number of Topliss-reactive ketones (excluding diaryl/α,β-unsaturated/α-hetero) is 1. The monoisotopic (exact) mass is 1260 g/mol. The van der Waals surface area contributed by atoms with E-state index in [1.165, 1.54) is 0 Å². The number of fused-ring (bicyclic) bond motifs is 7. The quantitative estimate of drug-likeness (QED) is 0.0678. The molecule has 7 saturated heterocycles. The van der Waals surface area contributed by atoms with E-state index in [9.17, 15) is 91.6 Å². The molecule has 500 valence electrons. The Bertz CT molecular complexity index is 2320. The van der Waals surface area contributed by atoms with Crippen molar-refractivity contribution in [2.24, 2.45) is 52.3 Å². The molecule has 30 nitrogen and oxygen atoms in total. The van der Waals surface area contributed by atoms with E-state index in [4.69, 9.17) is 56.8 Å². The van der Waals surface area contributed by atoms with Crippen LogP contribution in [0.2, 0.25) is 0 Å². The summed E-state index contributed by atoms with van der Waals surface area (Å²) in [4.78, 5) is 14.6. The van der Waals surface area contributed by atoms with Crippen LogP contribution in [0.25, 0.3) is 0 Å². The van der Waals surface area contributed by atoms with Gasteiger partial charge in [-0.15, -0.1) is 0 Å². The van der Waals surface area contributed by atoms with E-state index in [1.54, 1.807) is 0 Å². The predicted octanol–water partition coefficient (Wildman–Crippen LogP) is -6.94. The third-order valence-electron chi connectivity index (χ3n) is 22.4. The van der Waals surface area contributed by atoms with Crippen LogP contribution in [0.3, 0.4) is 0 Å². The van der Waals surface area contributed by atoms with Crippen molar-refractivity contribution >= 4 is 5.78 Å². The zero-order valence-electron chi connectivity index (χ0n) is 49.0. The number of ether oxygens (including phenoxy) is 12. The van der Waals surface area contributed by atoms with Crippen molar-refractivity contribution in [2.75, 3.05) is 39.6 Å². The van der Waals surface area contributed by atoms with Gasteiger partial charge in [-0.3, -0.25) is 4.79 Å². The Morgan fingerprint density at radius 1 is 0.460 bits per heavy atom. The van der Waals surface area contributed by atoms with Crippen LogP contribution in [0.5, 0.6) is 0 Å². The highest BCUT2D eigenvalue weighted by Crippen LogP contribution is 2.71. The number of carbonyl (C=O) groups excluding carboxylic acids is 1. The third-order valence-corrected chi connectivity index (χ3v) is 22.4. The summed E-state index contributed by atoms with van der Waals surface area (Å²) >= 11 is 0. The van der Waals surface area contributed by atoms with Crippen molar-refractivity contribution in [3.05, 3.63) is 0 Å². The van der Waals surface area contributed by atoms with Crippen LogP contribution in [-0.2, 0) is 61.6 Å². The van der Waals surface area contributed by atoms with Crippen molar-refractivity contribution < 1.29 is 148 Å². The van der Waals surface area contributed by atoms with Gasteiger partial charge in [0.05, 0.1) is 51.8 Å². The smallest absolute Gasteiger partial charge is 0.187 e. The van der Waals surface area contributed by atoms with E-state index in [0.29, 0.717) is 18.9 Å². The maximum absolute atomic E-state index is 14.6. The standard InChI is InChI=1S/C57H92O30/c1-19-5-8-57(76-18-19)20(2)34-28(87-57)10-23-21-9-25(63)24-11-27(26(64)12-56(24,4)22(21)6-7-55(23,34)3)77-52-44(74)47(38(68)31(15-60)80-52)84-54-49(48(39(69)33(17-62)82-54)85-51-43(73)41(71)36(66)30(14-59)79-51)86-53-45(75)46(37(67)32(16-61)81-53)83-50-42(72)40(70)35(65)29(13-58)78-50/h19-25,27-54,58-63,65-75H,5-18H2,1-4H3/t19-,20+,21-,22+,23+,24-,25-,27?,28+,29-,30-,31-,32-,33-,34+,35-,36-,37-,38+,39-,40+,41+,42-,43-,44-,45-,46+,47+,48+,49-,50+,51+,52-,53+,54+,55+,56-,57-/m1/s1. The van der Waals surface area contributed by atoms with Crippen LogP contribution < -0.4 is 0 Å². The van der Waals surface area contributed by atoms with Crippen LogP contribution >= 0.6 is 0 Å². The molecule has 4 saturated carbocycles. The highest BCUT2D eigenvalue weighted by molar-refractivity contribution is 5.85. The number of carbonyl (C=O) groups is 1. The van der Waals surface area contributed by atoms with Crippen LogP contribution in [0.15, 0.2) is 0 Å². The van der Waals surface area contributed by atoms with Crippen LogP contribution in [0.4, 0.5) is 0 Å². The zero-order chi connectivity index (χ0) is 62.7. The fourth-order valence-corrected chi connectivity index (χ4v) is 17.5. The molecule has 38 atom stereocenters. The number of aliphatic hydroxyl groups is 17. The Kier molecular flexibility index (Phi) is 20.0. The number of aliphatic hydroxyl groups excluding tert-OH is 17. The van der Waals surface area contributed by atoms with E-state index in [1.807, 2.05) is 0 Å². The molecule has 0 aromatic rings. The van der Waals surface area contributed by atoms with Crippen molar-refractivity contribution in [3.8, 4) is 0 Å². The number of hydrogen-bond donors (Lipinski definition) is 17.